The maximum Gasteiger partial charge on any atom is 0.387 e. The number of alkyl halides is 2. The zero-order valence-electron chi connectivity index (χ0n) is 12.2. The standard InChI is InChI=1S/C13H20F2N2O3S/c1-13(2,8-16)9-17(3)21(18,19)11-7-5-4-6-10(11)20-12(14)15/h4-7,12H,8-9,16H2,1-3H3. The van der Waals surface area contributed by atoms with Crippen LogP contribution in [0, 0.1) is 5.41 Å². The monoisotopic (exact) mass is 322 g/mol. The molecule has 0 saturated carbocycles. The predicted octanol–water partition coefficient (Wildman–Crippen LogP) is 1.89. The first-order chi connectivity index (χ1) is 9.60. The maximum absolute atomic E-state index is 12.5. The highest BCUT2D eigenvalue weighted by molar-refractivity contribution is 7.89. The van der Waals surface area contributed by atoms with Crippen molar-refractivity contribution in [1.29, 1.82) is 0 Å². The third kappa shape index (κ3) is 4.62. The van der Waals surface area contributed by atoms with Gasteiger partial charge in [-0.05, 0) is 24.1 Å². The molecule has 0 saturated heterocycles. The average Bonchev–Trinajstić information content (AvgIpc) is 2.38. The number of halogens is 2. The lowest BCUT2D eigenvalue weighted by Gasteiger charge is -2.28. The quantitative estimate of drug-likeness (QED) is 0.832. The molecule has 21 heavy (non-hydrogen) atoms. The minimum Gasteiger partial charge on any atom is -0.433 e. The SMILES string of the molecule is CN(CC(C)(C)CN)S(=O)(=O)c1ccccc1OC(F)F. The summed E-state index contributed by atoms with van der Waals surface area (Å²) >= 11 is 0. The van der Waals surface area contributed by atoms with Crippen LogP contribution in [0.3, 0.4) is 0 Å². The van der Waals surface area contributed by atoms with E-state index in [2.05, 4.69) is 4.74 Å². The summed E-state index contributed by atoms with van der Waals surface area (Å²) < 4.78 is 55.1. The van der Waals surface area contributed by atoms with Gasteiger partial charge in [0, 0.05) is 13.6 Å². The number of nitrogens with zero attached hydrogens (tertiary/aromatic N) is 1. The topological polar surface area (TPSA) is 72.6 Å². The van der Waals surface area contributed by atoms with Gasteiger partial charge in [-0.3, -0.25) is 0 Å². The van der Waals surface area contributed by atoms with Crippen molar-refractivity contribution in [2.45, 2.75) is 25.4 Å². The van der Waals surface area contributed by atoms with Crippen molar-refractivity contribution in [3.05, 3.63) is 24.3 Å². The maximum atomic E-state index is 12.5. The highest BCUT2D eigenvalue weighted by Gasteiger charge is 2.29. The fourth-order valence-electron chi connectivity index (χ4n) is 1.78. The highest BCUT2D eigenvalue weighted by Crippen LogP contribution is 2.28. The van der Waals surface area contributed by atoms with Crippen molar-refractivity contribution in [2.24, 2.45) is 11.1 Å². The van der Waals surface area contributed by atoms with Crippen LogP contribution in [0.4, 0.5) is 8.78 Å². The molecule has 0 amide bonds. The Labute approximate surface area is 123 Å². The molecule has 0 aliphatic heterocycles. The number of benzene rings is 1. The fourth-order valence-corrected chi connectivity index (χ4v) is 3.25. The number of para-hydroxylation sites is 1. The van der Waals surface area contributed by atoms with Gasteiger partial charge >= 0.3 is 6.61 Å². The van der Waals surface area contributed by atoms with E-state index in [0.29, 0.717) is 6.54 Å². The van der Waals surface area contributed by atoms with E-state index in [1.807, 2.05) is 13.8 Å². The van der Waals surface area contributed by atoms with E-state index in [4.69, 9.17) is 5.73 Å². The summed E-state index contributed by atoms with van der Waals surface area (Å²) in [5.41, 5.74) is 5.16. The number of ether oxygens (including phenoxy) is 1. The van der Waals surface area contributed by atoms with Gasteiger partial charge in [-0.2, -0.15) is 8.78 Å². The summed E-state index contributed by atoms with van der Waals surface area (Å²) in [6, 6.07) is 5.31. The van der Waals surface area contributed by atoms with Crippen LogP contribution in [0.25, 0.3) is 0 Å². The van der Waals surface area contributed by atoms with Gasteiger partial charge in [0.05, 0.1) is 0 Å². The highest BCUT2D eigenvalue weighted by atomic mass is 32.2. The van der Waals surface area contributed by atoms with Crippen LogP contribution >= 0.6 is 0 Å². The molecule has 8 heteroatoms. The summed E-state index contributed by atoms with van der Waals surface area (Å²) in [5.74, 6) is -0.370. The fraction of sp³-hybridized carbons (Fsp3) is 0.538. The summed E-state index contributed by atoms with van der Waals surface area (Å²) in [6.07, 6.45) is 0. The van der Waals surface area contributed by atoms with Crippen molar-refractivity contribution >= 4 is 10.0 Å². The lowest BCUT2D eigenvalue weighted by molar-refractivity contribution is -0.0518. The molecule has 0 heterocycles. The van der Waals surface area contributed by atoms with E-state index in [1.54, 1.807) is 0 Å². The molecule has 1 aromatic rings. The van der Waals surface area contributed by atoms with E-state index >= 15 is 0 Å². The Kier molecular flexibility index (Phi) is 5.66. The Morgan fingerprint density at radius 1 is 1.33 bits per heavy atom. The van der Waals surface area contributed by atoms with Gasteiger partial charge in [-0.15, -0.1) is 0 Å². The Hall–Kier alpha value is -1.25. The van der Waals surface area contributed by atoms with Crippen LogP contribution in [0.15, 0.2) is 29.2 Å². The zero-order valence-corrected chi connectivity index (χ0v) is 13.0. The van der Waals surface area contributed by atoms with Crippen LogP contribution in [0.2, 0.25) is 0 Å². The van der Waals surface area contributed by atoms with E-state index < -0.39 is 22.0 Å². The van der Waals surface area contributed by atoms with Crippen LogP contribution in [-0.4, -0.2) is 39.5 Å². The Morgan fingerprint density at radius 3 is 2.43 bits per heavy atom. The minimum atomic E-state index is -3.94. The number of hydrogen-bond acceptors (Lipinski definition) is 4. The van der Waals surface area contributed by atoms with E-state index in [0.717, 1.165) is 4.31 Å². The van der Waals surface area contributed by atoms with Gasteiger partial charge in [0.15, 0.2) is 0 Å². The molecule has 1 rings (SSSR count). The van der Waals surface area contributed by atoms with Gasteiger partial charge in [0.25, 0.3) is 0 Å². The largest absolute Gasteiger partial charge is 0.433 e. The summed E-state index contributed by atoms with van der Waals surface area (Å²) in [6.45, 7) is 1.00. The van der Waals surface area contributed by atoms with Crippen LogP contribution in [0.1, 0.15) is 13.8 Å². The molecule has 0 radical (unpaired) electrons. The second-order valence-corrected chi connectivity index (χ2v) is 7.47. The Balaban J connectivity index is 3.13. The smallest absolute Gasteiger partial charge is 0.387 e. The molecule has 120 valence electrons. The molecule has 0 spiro atoms. The number of rotatable bonds is 7. The van der Waals surface area contributed by atoms with Crippen molar-refractivity contribution in [3.63, 3.8) is 0 Å². The lowest BCUT2D eigenvalue weighted by atomic mass is 9.94. The van der Waals surface area contributed by atoms with Gasteiger partial charge in [-0.25, -0.2) is 12.7 Å². The molecule has 0 atom stereocenters. The van der Waals surface area contributed by atoms with Gasteiger partial charge in [0.2, 0.25) is 10.0 Å². The first-order valence-corrected chi connectivity index (χ1v) is 7.74. The number of hydrogen-bond donors (Lipinski definition) is 1. The lowest BCUT2D eigenvalue weighted by Crippen LogP contribution is -2.39. The second-order valence-electron chi connectivity index (χ2n) is 5.45. The molecule has 5 nitrogen and oxygen atoms in total. The minimum absolute atomic E-state index is 0.162. The van der Waals surface area contributed by atoms with Crippen molar-refractivity contribution in [2.75, 3.05) is 20.1 Å². The van der Waals surface area contributed by atoms with Crippen LogP contribution < -0.4 is 10.5 Å². The van der Waals surface area contributed by atoms with Gasteiger partial charge in [-0.1, -0.05) is 26.0 Å². The molecule has 0 fully saturated rings. The van der Waals surface area contributed by atoms with E-state index in [1.165, 1.54) is 31.3 Å². The molecule has 1 aromatic carbocycles. The molecule has 2 N–H and O–H groups in total. The van der Waals surface area contributed by atoms with E-state index in [-0.39, 0.29) is 17.2 Å². The zero-order chi connectivity index (χ0) is 16.3. The van der Waals surface area contributed by atoms with Crippen LogP contribution in [-0.2, 0) is 10.0 Å². The molecule has 0 aromatic heterocycles. The van der Waals surface area contributed by atoms with Crippen molar-refractivity contribution < 1.29 is 21.9 Å². The Bertz CT molecular complexity index is 577. The Morgan fingerprint density at radius 2 is 1.90 bits per heavy atom. The summed E-state index contributed by atoms with van der Waals surface area (Å²) in [7, 11) is -2.56. The van der Waals surface area contributed by atoms with Crippen molar-refractivity contribution in [3.8, 4) is 5.75 Å². The van der Waals surface area contributed by atoms with Gasteiger partial charge in [0.1, 0.15) is 10.6 Å². The molecular formula is C13H20F2N2O3S. The normalized spacial score (nSPS) is 13.0. The average molecular weight is 322 g/mol. The predicted molar refractivity (Wildman–Crippen MR) is 75.7 cm³/mol. The molecular weight excluding hydrogens is 302 g/mol. The first-order valence-electron chi connectivity index (χ1n) is 6.30. The van der Waals surface area contributed by atoms with Crippen molar-refractivity contribution in [1.82, 2.24) is 4.31 Å². The summed E-state index contributed by atoms with van der Waals surface area (Å²) in [5, 5.41) is 0. The molecule has 0 unspecified atom stereocenters. The summed E-state index contributed by atoms with van der Waals surface area (Å²) in [4.78, 5) is -0.291. The van der Waals surface area contributed by atoms with Gasteiger partial charge < -0.3 is 10.5 Å². The second kappa shape index (κ2) is 6.67. The first kappa shape index (κ1) is 17.8. The molecule has 0 aliphatic carbocycles. The molecule has 0 aliphatic rings. The third-order valence-corrected chi connectivity index (χ3v) is 4.80. The number of sulfonamides is 1. The number of nitrogens with two attached hydrogens (primary N) is 1. The molecule has 0 bridgehead atoms. The third-order valence-electron chi connectivity index (χ3n) is 2.96. The van der Waals surface area contributed by atoms with Crippen LogP contribution in [0.5, 0.6) is 5.75 Å². The van der Waals surface area contributed by atoms with E-state index in [9.17, 15) is 17.2 Å².